The molecule has 0 radical (unpaired) electrons. The largest absolute Gasteiger partial charge is 0.481 e. The van der Waals surface area contributed by atoms with Gasteiger partial charge in [-0.05, 0) is 25.7 Å². The maximum absolute atomic E-state index is 11.4. The van der Waals surface area contributed by atoms with E-state index in [1.807, 2.05) is 6.92 Å². The lowest BCUT2D eigenvalue weighted by Crippen LogP contribution is -2.45. The smallest absolute Gasteiger partial charge is 0.303 e. The normalized spacial score (nSPS) is 13.2. The van der Waals surface area contributed by atoms with Crippen molar-refractivity contribution in [2.24, 2.45) is 5.92 Å². The number of rotatable bonds is 17. The van der Waals surface area contributed by atoms with Gasteiger partial charge in [0.2, 0.25) is 0 Å². The molecular formula is C20H40O4. The number of hydrogen-bond acceptors (Lipinski definition) is 3. The van der Waals surface area contributed by atoms with Gasteiger partial charge < -0.3 is 14.6 Å². The van der Waals surface area contributed by atoms with Gasteiger partial charge in [0.15, 0.2) is 5.79 Å². The van der Waals surface area contributed by atoms with Gasteiger partial charge in [0.05, 0.1) is 6.42 Å². The Hall–Kier alpha value is -0.610. The molecule has 1 atom stereocenters. The van der Waals surface area contributed by atoms with Crippen LogP contribution in [-0.2, 0) is 14.3 Å². The molecule has 0 saturated heterocycles. The van der Waals surface area contributed by atoms with E-state index < -0.39 is 11.8 Å². The Labute approximate surface area is 149 Å². The second-order valence-corrected chi connectivity index (χ2v) is 6.71. The fourth-order valence-electron chi connectivity index (χ4n) is 3.18. The third kappa shape index (κ3) is 9.63. The highest BCUT2D eigenvalue weighted by Crippen LogP contribution is 2.35. The summed E-state index contributed by atoms with van der Waals surface area (Å²) in [5, 5.41) is 9.36. The summed E-state index contributed by atoms with van der Waals surface area (Å²) < 4.78 is 12.2. The molecular weight excluding hydrogens is 304 g/mol. The van der Waals surface area contributed by atoms with Crippen LogP contribution in [0.2, 0.25) is 0 Å². The molecule has 144 valence electrons. The quantitative estimate of drug-likeness (QED) is 0.268. The molecule has 0 spiro atoms. The minimum atomic E-state index is -0.760. The summed E-state index contributed by atoms with van der Waals surface area (Å²) in [6.07, 6.45) is 10.8. The van der Waals surface area contributed by atoms with E-state index in [4.69, 9.17) is 9.47 Å². The van der Waals surface area contributed by atoms with Crippen LogP contribution in [0.25, 0.3) is 0 Å². The first-order valence-corrected chi connectivity index (χ1v) is 10.1. The number of unbranched alkanes of at least 4 members (excludes halogenated alkanes) is 5. The molecule has 0 aliphatic rings. The van der Waals surface area contributed by atoms with Gasteiger partial charge in [-0.25, -0.2) is 0 Å². The van der Waals surface area contributed by atoms with Gasteiger partial charge in [-0.2, -0.15) is 0 Å². The Morgan fingerprint density at radius 1 is 0.875 bits per heavy atom. The molecule has 0 aromatic rings. The second-order valence-electron chi connectivity index (χ2n) is 6.71. The van der Waals surface area contributed by atoms with Gasteiger partial charge in [0, 0.05) is 19.1 Å². The SMILES string of the molecule is CCCCCCCCC(CC(=O)O)C(CC)(OCCC)OCCC. The van der Waals surface area contributed by atoms with Crippen molar-refractivity contribution < 1.29 is 19.4 Å². The van der Waals surface area contributed by atoms with Crippen LogP contribution in [0.3, 0.4) is 0 Å². The summed E-state index contributed by atoms with van der Waals surface area (Å²) >= 11 is 0. The summed E-state index contributed by atoms with van der Waals surface area (Å²) in [7, 11) is 0. The molecule has 4 heteroatoms. The topological polar surface area (TPSA) is 55.8 Å². The predicted molar refractivity (Wildman–Crippen MR) is 99.2 cm³/mol. The zero-order valence-electron chi connectivity index (χ0n) is 16.4. The molecule has 24 heavy (non-hydrogen) atoms. The lowest BCUT2D eigenvalue weighted by Gasteiger charge is -2.39. The van der Waals surface area contributed by atoms with Gasteiger partial charge in [-0.3, -0.25) is 4.79 Å². The fraction of sp³-hybridized carbons (Fsp3) is 0.950. The van der Waals surface area contributed by atoms with Gasteiger partial charge in [-0.1, -0.05) is 66.2 Å². The van der Waals surface area contributed by atoms with E-state index in [-0.39, 0.29) is 12.3 Å². The molecule has 0 amide bonds. The Kier molecular flexibility index (Phi) is 14.3. The Balaban J connectivity index is 4.82. The van der Waals surface area contributed by atoms with Crippen molar-refractivity contribution in [1.29, 1.82) is 0 Å². The van der Waals surface area contributed by atoms with Crippen LogP contribution in [-0.4, -0.2) is 30.1 Å². The maximum atomic E-state index is 11.4. The van der Waals surface area contributed by atoms with E-state index in [2.05, 4.69) is 20.8 Å². The molecule has 0 saturated carbocycles. The summed E-state index contributed by atoms with van der Waals surface area (Å²) in [6.45, 7) is 9.63. The fourth-order valence-corrected chi connectivity index (χ4v) is 3.18. The monoisotopic (exact) mass is 344 g/mol. The molecule has 0 heterocycles. The first-order chi connectivity index (χ1) is 11.6. The summed E-state index contributed by atoms with van der Waals surface area (Å²) in [5.41, 5.74) is 0. The van der Waals surface area contributed by atoms with E-state index in [0.29, 0.717) is 19.6 Å². The van der Waals surface area contributed by atoms with Crippen LogP contribution < -0.4 is 0 Å². The zero-order valence-corrected chi connectivity index (χ0v) is 16.4. The molecule has 1 unspecified atom stereocenters. The van der Waals surface area contributed by atoms with Gasteiger partial charge in [0.25, 0.3) is 0 Å². The Morgan fingerprint density at radius 2 is 1.42 bits per heavy atom. The van der Waals surface area contributed by atoms with Crippen molar-refractivity contribution in [2.45, 2.75) is 104 Å². The van der Waals surface area contributed by atoms with E-state index in [9.17, 15) is 9.90 Å². The molecule has 0 aromatic heterocycles. The zero-order chi connectivity index (χ0) is 18.3. The summed E-state index contributed by atoms with van der Waals surface area (Å²) in [4.78, 5) is 11.4. The first-order valence-electron chi connectivity index (χ1n) is 10.1. The highest BCUT2D eigenvalue weighted by molar-refractivity contribution is 5.67. The Bertz CT molecular complexity index is 296. The number of carbonyl (C=O) groups is 1. The average molecular weight is 345 g/mol. The van der Waals surface area contributed by atoms with Crippen molar-refractivity contribution in [2.75, 3.05) is 13.2 Å². The van der Waals surface area contributed by atoms with Crippen LogP contribution in [0.4, 0.5) is 0 Å². The van der Waals surface area contributed by atoms with Crippen molar-refractivity contribution >= 4 is 5.97 Å². The van der Waals surface area contributed by atoms with Crippen LogP contribution in [0.15, 0.2) is 0 Å². The molecule has 0 rings (SSSR count). The lowest BCUT2D eigenvalue weighted by molar-refractivity contribution is -0.271. The highest BCUT2D eigenvalue weighted by atomic mass is 16.7. The van der Waals surface area contributed by atoms with Crippen molar-refractivity contribution in [3.63, 3.8) is 0 Å². The molecule has 1 N–H and O–H groups in total. The maximum Gasteiger partial charge on any atom is 0.303 e. The average Bonchev–Trinajstić information content (AvgIpc) is 2.57. The molecule has 0 aromatic carbocycles. The molecule has 4 nitrogen and oxygen atoms in total. The number of hydrogen-bond donors (Lipinski definition) is 1. The highest BCUT2D eigenvalue weighted by Gasteiger charge is 2.40. The van der Waals surface area contributed by atoms with Crippen molar-refractivity contribution in [1.82, 2.24) is 0 Å². The van der Waals surface area contributed by atoms with Crippen molar-refractivity contribution in [3.05, 3.63) is 0 Å². The van der Waals surface area contributed by atoms with E-state index in [1.165, 1.54) is 25.7 Å². The van der Waals surface area contributed by atoms with E-state index in [1.54, 1.807) is 0 Å². The van der Waals surface area contributed by atoms with Gasteiger partial charge in [0.1, 0.15) is 0 Å². The van der Waals surface area contributed by atoms with Crippen LogP contribution in [0.1, 0.15) is 98.3 Å². The van der Waals surface area contributed by atoms with Crippen LogP contribution in [0.5, 0.6) is 0 Å². The third-order valence-electron chi connectivity index (χ3n) is 4.54. The minimum absolute atomic E-state index is 0.0794. The summed E-state index contributed by atoms with van der Waals surface area (Å²) in [6, 6.07) is 0. The lowest BCUT2D eigenvalue weighted by atomic mass is 9.87. The van der Waals surface area contributed by atoms with Gasteiger partial charge in [-0.15, -0.1) is 0 Å². The number of carboxylic acid groups (broad SMARTS) is 1. The second kappa shape index (κ2) is 14.7. The predicted octanol–water partition coefficient (Wildman–Crippen LogP) is 5.79. The van der Waals surface area contributed by atoms with E-state index >= 15 is 0 Å². The molecule has 0 fully saturated rings. The number of carboxylic acids is 1. The first kappa shape index (κ1) is 23.4. The third-order valence-corrected chi connectivity index (χ3v) is 4.54. The summed E-state index contributed by atoms with van der Waals surface area (Å²) in [5.74, 6) is -1.58. The van der Waals surface area contributed by atoms with E-state index in [0.717, 1.165) is 32.1 Å². The molecule has 0 aliphatic heterocycles. The van der Waals surface area contributed by atoms with Gasteiger partial charge >= 0.3 is 5.97 Å². The molecule has 0 aliphatic carbocycles. The number of aliphatic carboxylic acids is 1. The van der Waals surface area contributed by atoms with Crippen LogP contribution in [0, 0.1) is 5.92 Å². The Morgan fingerprint density at radius 3 is 1.88 bits per heavy atom. The van der Waals surface area contributed by atoms with Crippen LogP contribution >= 0.6 is 0 Å². The molecule has 0 bridgehead atoms. The number of ether oxygens (including phenoxy) is 2. The van der Waals surface area contributed by atoms with Crippen molar-refractivity contribution in [3.8, 4) is 0 Å². The minimum Gasteiger partial charge on any atom is -0.481 e. The standard InChI is InChI=1S/C20H40O4/c1-5-9-10-11-12-13-14-18(17-19(21)22)20(8-4,23-15-6-2)24-16-7-3/h18H,5-17H2,1-4H3,(H,21,22).